The second-order valence-electron chi connectivity index (χ2n) is 6.29. The van der Waals surface area contributed by atoms with Gasteiger partial charge in [0.05, 0.1) is 11.9 Å². The number of aromatic nitrogens is 2. The summed E-state index contributed by atoms with van der Waals surface area (Å²) in [5.41, 5.74) is 3.60. The van der Waals surface area contributed by atoms with Gasteiger partial charge in [0.15, 0.2) is 0 Å². The highest BCUT2D eigenvalue weighted by molar-refractivity contribution is 5.62. The van der Waals surface area contributed by atoms with Crippen LogP contribution in [-0.2, 0) is 6.54 Å². The molecular formula is C18H25N3. The summed E-state index contributed by atoms with van der Waals surface area (Å²) in [4.78, 5) is 0. The van der Waals surface area contributed by atoms with Crippen LogP contribution in [0.5, 0.6) is 0 Å². The van der Waals surface area contributed by atoms with Crippen LogP contribution in [-0.4, -0.2) is 16.7 Å². The van der Waals surface area contributed by atoms with Crippen LogP contribution in [0.3, 0.4) is 0 Å². The molecule has 0 aliphatic heterocycles. The number of nitrogens with one attached hydrogen (secondary N) is 2. The van der Waals surface area contributed by atoms with Gasteiger partial charge in [-0.3, -0.25) is 5.10 Å². The zero-order valence-corrected chi connectivity index (χ0v) is 12.8. The minimum atomic E-state index is 0.839. The van der Waals surface area contributed by atoms with Crippen molar-refractivity contribution in [1.29, 1.82) is 0 Å². The number of hydrogen-bond acceptors (Lipinski definition) is 2. The lowest BCUT2D eigenvalue weighted by Gasteiger charge is -2.28. The molecule has 1 fully saturated rings. The van der Waals surface area contributed by atoms with Gasteiger partial charge in [-0.15, -0.1) is 0 Å². The van der Waals surface area contributed by atoms with Crippen LogP contribution in [0.25, 0.3) is 11.3 Å². The van der Waals surface area contributed by atoms with E-state index in [2.05, 4.69) is 46.7 Å². The average Bonchev–Trinajstić information content (AvgIpc) is 2.99. The molecule has 2 N–H and O–H groups in total. The van der Waals surface area contributed by atoms with Crippen LogP contribution in [0.1, 0.15) is 38.2 Å². The molecule has 1 saturated carbocycles. The third-order valence-electron chi connectivity index (χ3n) is 4.79. The molecule has 2 atom stereocenters. The maximum atomic E-state index is 4.21. The summed E-state index contributed by atoms with van der Waals surface area (Å²) in [7, 11) is 0. The molecule has 3 nitrogen and oxygen atoms in total. The van der Waals surface area contributed by atoms with Crippen molar-refractivity contribution in [1.82, 2.24) is 15.5 Å². The molecule has 0 bridgehead atoms. The third-order valence-corrected chi connectivity index (χ3v) is 4.79. The lowest BCUT2D eigenvalue weighted by molar-refractivity contribution is 0.247. The van der Waals surface area contributed by atoms with Crippen LogP contribution in [0.2, 0.25) is 0 Å². The quantitative estimate of drug-likeness (QED) is 0.871. The number of hydrogen-bond donors (Lipinski definition) is 2. The summed E-state index contributed by atoms with van der Waals surface area (Å²) in [6, 6.07) is 10.4. The summed E-state index contributed by atoms with van der Waals surface area (Å²) >= 11 is 0. The summed E-state index contributed by atoms with van der Waals surface area (Å²) < 4.78 is 0. The fourth-order valence-corrected chi connectivity index (χ4v) is 3.39. The van der Waals surface area contributed by atoms with E-state index >= 15 is 0 Å². The van der Waals surface area contributed by atoms with E-state index in [0.717, 1.165) is 30.6 Å². The number of H-pyrrole nitrogens is 1. The normalized spacial score (nSPS) is 22.3. The van der Waals surface area contributed by atoms with Gasteiger partial charge < -0.3 is 5.32 Å². The lowest BCUT2D eigenvalue weighted by atomic mass is 9.80. The van der Waals surface area contributed by atoms with E-state index < -0.39 is 0 Å². The van der Waals surface area contributed by atoms with E-state index in [4.69, 9.17) is 0 Å². The van der Waals surface area contributed by atoms with Gasteiger partial charge in [-0.2, -0.15) is 5.10 Å². The monoisotopic (exact) mass is 283 g/mol. The Morgan fingerprint density at radius 3 is 2.81 bits per heavy atom. The van der Waals surface area contributed by atoms with Crippen molar-refractivity contribution >= 4 is 0 Å². The molecule has 1 aromatic heterocycles. The van der Waals surface area contributed by atoms with Gasteiger partial charge in [-0.1, -0.05) is 56.5 Å². The Bertz CT molecular complexity index is 547. The molecule has 3 rings (SSSR count). The smallest absolute Gasteiger partial charge is 0.0695 e. The predicted octanol–water partition coefficient (Wildman–Crippen LogP) is 3.99. The van der Waals surface area contributed by atoms with E-state index in [0.29, 0.717) is 0 Å². The molecule has 0 saturated heterocycles. The van der Waals surface area contributed by atoms with E-state index in [-0.39, 0.29) is 0 Å². The van der Waals surface area contributed by atoms with Crippen molar-refractivity contribution in [2.24, 2.45) is 11.8 Å². The maximum Gasteiger partial charge on any atom is 0.0695 e. The van der Waals surface area contributed by atoms with Crippen molar-refractivity contribution < 1.29 is 0 Å². The standard InChI is InChI=1S/C18H25N3/c1-14-7-5-6-10-16(14)11-19-12-17-13-20-21-18(17)15-8-3-2-4-9-15/h2-4,8-9,13-14,16,19H,5-7,10-12H2,1H3,(H,20,21). The van der Waals surface area contributed by atoms with E-state index in [1.54, 1.807) is 0 Å². The molecule has 1 aliphatic rings. The van der Waals surface area contributed by atoms with Gasteiger partial charge in [-0.05, 0) is 30.4 Å². The zero-order chi connectivity index (χ0) is 14.5. The van der Waals surface area contributed by atoms with Crippen LogP contribution >= 0.6 is 0 Å². The molecule has 3 heteroatoms. The SMILES string of the molecule is CC1CCCCC1CNCc1cn[nH]c1-c1ccccc1. The van der Waals surface area contributed by atoms with Crippen molar-refractivity contribution in [2.75, 3.05) is 6.54 Å². The summed E-state index contributed by atoms with van der Waals surface area (Å²) in [6.07, 6.45) is 7.53. The number of rotatable bonds is 5. The number of nitrogens with zero attached hydrogens (tertiary/aromatic N) is 1. The van der Waals surface area contributed by atoms with Gasteiger partial charge in [-0.25, -0.2) is 0 Å². The lowest BCUT2D eigenvalue weighted by Crippen LogP contribution is -2.29. The van der Waals surface area contributed by atoms with Crippen molar-refractivity contribution in [3.8, 4) is 11.3 Å². The van der Waals surface area contributed by atoms with Gasteiger partial charge in [0.1, 0.15) is 0 Å². The van der Waals surface area contributed by atoms with Crippen molar-refractivity contribution in [3.63, 3.8) is 0 Å². The molecule has 2 aromatic rings. The average molecular weight is 283 g/mol. The van der Waals surface area contributed by atoms with Gasteiger partial charge in [0.25, 0.3) is 0 Å². The maximum absolute atomic E-state index is 4.21. The molecule has 2 unspecified atom stereocenters. The second kappa shape index (κ2) is 6.90. The topological polar surface area (TPSA) is 40.7 Å². The van der Waals surface area contributed by atoms with Crippen molar-refractivity contribution in [3.05, 3.63) is 42.1 Å². The minimum Gasteiger partial charge on any atom is -0.312 e. The Morgan fingerprint density at radius 2 is 2.00 bits per heavy atom. The first-order chi connectivity index (χ1) is 10.3. The van der Waals surface area contributed by atoms with Crippen LogP contribution in [0, 0.1) is 11.8 Å². The summed E-state index contributed by atoms with van der Waals surface area (Å²) in [5.74, 6) is 1.70. The highest BCUT2D eigenvalue weighted by Crippen LogP contribution is 2.29. The number of benzene rings is 1. The molecule has 0 amide bonds. The Hall–Kier alpha value is -1.61. The minimum absolute atomic E-state index is 0.839. The molecular weight excluding hydrogens is 258 g/mol. The zero-order valence-electron chi connectivity index (χ0n) is 12.8. The van der Waals surface area contributed by atoms with Crippen LogP contribution in [0.4, 0.5) is 0 Å². The fourth-order valence-electron chi connectivity index (χ4n) is 3.39. The summed E-state index contributed by atoms with van der Waals surface area (Å²) in [5, 5.41) is 11.0. The first-order valence-electron chi connectivity index (χ1n) is 8.13. The predicted molar refractivity (Wildman–Crippen MR) is 86.9 cm³/mol. The van der Waals surface area contributed by atoms with Crippen molar-refractivity contribution in [2.45, 2.75) is 39.2 Å². The number of aromatic amines is 1. The van der Waals surface area contributed by atoms with E-state index in [9.17, 15) is 0 Å². The van der Waals surface area contributed by atoms with Crippen LogP contribution < -0.4 is 5.32 Å². The van der Waals surface area contributed by atoms with Gasteiger partial charge >= 0.3 is 0 Å². The molecule has 1 heterocycles. The Morgan fingerprint density at radius 1 is 1.19 bits per heavy atom. The molecule has 1 aliphatic carbocycles. The summed E-state index contributed by atoms with van der Waals surface area (Å²) in [6.45, 7) is 4.42. The largest absolute Gasteiger partial charge is 0.312 e. The molecule has 1 aromatic carbocycles. The first kappa shape index (κ1) is 14.3. The Kier molecular flexibility index (Phi) is 4.71. The fraction of sp³-hybridized carbons (Fsp3) is 0.500. The Labute approximate surface area is 127 Å². The van der Waals surface area contributed by atoms with E-state index in [1.165, 1.54) is 36.8 Å². The molecule has 0 radical (unpaired) electrons. The first-order valence-corrected chi connectivity index (χ1v) is 8.13. The highest BCUT2D eigenvalue weighted by Gasteiger charge is 2.20. The van der Waals surface area contributed by atoms with Crippen LogP contribution in [0.15, 0.2) is 36.5 Å². The van der Waals surface area contributed by atoms with Gasteiger partial charge in [0, 0.05) is 12.1 Å². The molecule has 0 spiro atoms. The third kappa shape index (κ3) is 3.53. The second-order valence-corrected chi connectivity index (χ2v) is 6.29. The molecule has 21 heavy (non-hydrogen) atoms. The highest BCUT2D eigenvalue weighted by atomic mass is 15.1. The molecule has 112 valence electrons. The van der Waals surface area contributed by atoms with E-state index in [1.807, 2.05) is 12.3 Å². The Balaban J connectivity index is 1.58. The van der Waals surface area contributed by atoms with Gasteiger partial charge in [0.2, 0.25) is 0 Å².